The Kier molecular flexibility index (Phi) is 6.65. The lowest BCUT2D eigenvalue weighted by Crippen LogP contribution is -2.43. The minimum atomic E-state index is -0.344. The van der Waals surface area contributed by atoms with Crippen molar-refractivity contribution in [1.82, 2.24) is 4.90 Å². The number of nitrogens with zero attached hydrogens (tertiary/aromatic N) is 1. The van der Waals surface area contributed by atoms with E-state index in [0.29, 0.717) is 40.9 Å². The average molecular weight is 467 g/mol. The Morgan fingerprint density at radius 2 is 1.70 bits per heavy atom. The summed E-state index contributed by atoms with van der Waals surface area (Å²) in [6.07, 6.45) is 0.686. The van der Waals surface area contributed by atoms with E-state index < -0.39 is 0 Å². The number of hydrogen-bond acceptors (Lipinski definition) is 4. The van der Waals surface area contributed by atoms with Gasteiger partial charge in [-0.25, -0.2) is 4.79 Å². The van der Waals surface area contributed by atoms with Gasteiger partial charge in [0.05, 0.1) is 33.1 Å². The van der Waals surface area contributed by atoms with Gasteiger partial charge in [-0.15, -0.1) is 0 Å². The van der Waals surface area contributed by atoms with Crippen molar-refractivity contribution in [1.29, 1.82) is 0 Å². The summed E-state index contributed by atoms with van der Waals surface area (Å²) in [7, 11) is 4.82. The van der Waals surface area contributed by atoms with E-state index in [9.17, 15) is 4.79 Å². The van der Waals surface area contributed by atoms with Crippen molar-refractivity contribution < 1.29 is 19.0 Å². The van der Waals surface area contributed by atoms with Gasteiger partial charge in [0.1, 0.15) is 5.75 Å². The number of anilines is 1. The van der Waals surface area contributed by atoms with Crippen molar-refractivity contribution in [2.24, 2.45) is 0 Å². The molecule has 3 aromatic carbocycles. The molecular formula is C26H27ClN2O4. The summed E-state index contributed by atoms with van der Waals surface area (Å²) < 4.78 is 16.5. The Hall–Kier alpha value is -3.38. The molecule has 4 rings (SSSR count). The molecule has 0 spiro atoms. The van der Waals surface area contributed by atoms with E-state index in [1.807, 2.05) is 66.4 Å². The Morgan fingerprint density at radius 3 is 2.39 bits per heavy atom. The van der Waals surface area contributed by atoms with Gasteiger partial charge in [0.25, 0.3) is 0 Å². The zero-order chi connectivity index (χ0) is 23.5. The van der Waals surface area contributed by atoms with Crippen LogP contribution in [-0.4, -0.2) is 38.8 Å². The largest absolute Gasteiger partial charge is 0.495 e. The smallest absolute Gasteiger partial charge is 0.322 e. The number of urea groups is 1. The number of aryl methyl sites for hydroxylation is 1. The third-order valence-corrected chi connectivity index (χ3v) is 6.13. The topological polar surface area (TPSA) is 60.0 Å². The van der Waals surface area contributed by atoms with E-state index >= 15 is 0 Å². The highest BCUT2D eigenvalue weighted by molar-refractivity contribution is 6.30. The highest BCUT2D eigenvalue weighted by Gasteiger charge is 2.34. The summed E-state index contributed by atoms with van der Waals surface area (Å²) in [5.41, 5.74) is 4.66. The molecule has 1 heterocycles. The zero-order valence-electron chi connectivity index (χ0n) is 19.1. The van der Waals surface area contributed by atoms with Crippen molar-refractivity contribution in [3.63, 3.8) is 0 Å². The predicted octanol–water partition coefficient (Wildman–Crippen LogP) is 5.85. The van der Waals surface area contributed by atoms with Crippen molar-refractivity contribution in [3.8, 4) is 17.2 Å². The van der Waals surface area contributed by atoms with Gasteiger partial charge in [-0.1, -0.05) is 29.8 Å². The van der Waals surface area contributed by atoms with Crippen LogP contribution in [0.2, 0.25) is 5.02 Å². The van der Waals surface area contributed by atoms with Gasteiger partial charge < -0.3 is 24.4 Å². The third kappa shape index (κ3) is 4.57. The highest BCUT2D eigenvalue weighted by Crippen LogP contribution is 2.42. The summed E-state index contributed by atoms with van der Waals surface area (Å²) in [5.74, 6) is 1.89. The number of hydrogen-bond donors (Lipinski definition) is 1. The highest BCUT2D eigenvalue weighted by atomic mass is 35.5. The van der Waals surface area contributed by atoms with Gasteiger partial charge in [-0.05, 0) is 72.0 Å². The molecule has 1 aliphatic heterocycles. The van der Waals surface area contributed by atoms with Crippen molar-refractivity contribution in [2.75, 3.05) is 33.2 Å². The van der Waals surface area contributed by atoms with Crippen LogP contribution in [0.25, 0.3) is 0 Å². The molecule has 0 saturated carbocycles. The minimum Gasteiger partial charge on any atom is -0.495 e. The molecule has 0 unspecified atom stereocenters. The van der Waals surface area contributed by atoms with E-state index in [1.165, 1.54) is 0 Å². The Bertz CT molecular complexity index is 1180. The number of carbonyl (C=O) groups is 1. The van der Waals surface area contributed by atoms with Crippen LogP contribution in [0, 0.1) is 6.92 Å². The lowest BCUT2D eigenvalue weighted by Gasteiger charge is -2.38. The molecule has 6 nitrogen and oxygen atoms in total. The molecule has 0 radical (unpaired) electrons. The number of halogens is 1. The molecule has 0 bridgehead atoms. The van der Waals surface area contributed by atoms with Gasteiger partial charge in [-0.3, -0.25) is 0 Å². The van der Waals surface area contributed by atoms with Crippen LogP contribution in [0.15, 0.2) is 54.6 Å². The fourth-order valence-corrected chi connectivity index (χ4v) is 4.51. The van der Waals surface area contributed by atoms with Gasteiger partial charge in [0.15, 0.2) is 11.5 Å². The maximum absolute atomic E-state index is 13.6. The quantitative estimate of drug-likeness (QED) is 0.512. The van der Waals surface area contributed by atoms with E-state index in [0.717, 1.165) is 22.3 Å². The summed E-state index contributed by atoms with van der Waals surface area (Å²) in [5, 5.41) is 3.65. The lowest BCUT2D eigenvalue weighted by molar-refractivity contribution is 0.193. The molecule has 0 fully saturated rings. The first-order valence-corrected chi connectivity index (χ1v) is 11.1. The number of rotatable bonds is 5. The number of carbonyl (C=O) groups excluding carboxylic acids is 1. The standard InChI is InChI=1S/C26H27ClN2O4/c1-16-8-9-22(31-2)21(12-16)28-26(30)29-11-10-17-14-23(32-3)24(33-4)15-20(17)25(29)18-6-5-7-19(27)13-18/h5-9,12-15,25H,10-11H2,1-4H3,(H,28,30)/t25-/m0/s1. The summed E-state index contributed by atoms with van der Waals surface area (Å²) >= 11 is 6.33. The second-order valence-corrected chi connectivity index (χ2v) is 8.38. The Labute approximate surface area is 199 Å². The number of benzene rings is 3. The molecule has 1 atom stereocenters. The summed E-state index contributed by atoms with van der Waals surface area (Å²) in [6, 6.07) is 16.7. The van der Waals surface area contributed by atoms with Gasteiger partial charge in [0.2, 0.25) is 0 Å². The number of nitrogens with one attached hydrogen (secondary N) is 1. The van der Waals surface area contributed by atoms with Gasteiger partial charge >= 0.3 is 6.03 Å². The number of methoxy groups -OCH3 is 3. The first-order valence-electron chi connectivity index (χ1n) is 10.7. The molecular weight excluding hydrogens is 440 g/mol. The molecule has 1 aliphatic rings. The molecule has 2 amide bonds. The molecule has 0 aliphatic carbocycles. The Morgan fingerprint density at radius 1 is 0.970 bits per heavy atom. The van der Waals surface area contributed by atoms with E-state index in [1.54, 1.807) is 21.3 Å². The van der Waals surface area contributed by atoms with Crippen LogP contribution in [-0.2, 0) is 6.42 Å². The van der Waals surface area contributed by atoms with Crippen molar-refractivity contribution in [2.45, 2.75) is 19.4 Å². The van der Waals surface area contributed by atoms with E-state index in [-0.39, 0.29) is 12.1 Å². The van der Waals surface area contributed by atoms with Crippen molar-refractivity contribution in [3.05, 3.63) is 81.9 Å². The molecule has 33 heavy (non-hydrogen) atoms. The molecule has 0 saturated heterocycles. The normalized spacial score (nSPS) is 14.9. The molecule has 0 aromatic heterocycles. The Balaban J connectivity index is 1.78. The lowest BCUT2D eigenvalue weighted by atomic mass is 9.88. The SMILES string of the molecule is COc1ccc(C)cc1NC(=O)N1CCc2cc(OC)c(OC)cc2[C@@H]1c1cccc(Cl)c1. The third-order valence-electron chi connectivity index (χ3n) is 5.90. The molecule has 7 heteroatoms. The molecule has 172 valence electrons. The molecule has 3 aromatic rings. The fraction of sp³-hybridized carbons (Fsp3) is 0.269. The number of amides is 2. The number of fused-ring (bicyclic) bond motifs is 1. The van der Waals surface area contributed by atoms with E-state index in [4.69, 9.17) is 25.8 Å². The van der Waals surface area contributed by atoms with Crippen LogP contribution >= 0.6 is 11.6 Å². The first kappa shape index (κ1) is 22.8. The van der Waals surface area contributed by atoms with Crippen LogP contribution in [0.5, 0.6) is 17.2 Å². The second-order valence-electron chi connectivity index (χ2n) is 7.94. The maximum atomic E-state index is 13.6. The fourth-order valence-electron chi connectivity index (χ4n) is 4.31. The second kappa shape index (κ2) is 9.63. The van der Waals surface area contributed by atoms with Crippen molar-refractivity contribution >= 4 is 23.3 Å². The summed E-state index contributed by atoms with van der Waals surface area (Å²) in [4.78, 5) is 15.4. The van der Waals surface area contributed by atoms with Crippen LogP contribution < -0.4 is 19.5 Å². The number of ether oxygens (including phenoxy) is 3. The van der Waals surface area contributed by atoms with Crippen LogP contribution in [0.1, 0.15) is 28.3 Å². The summed E-state index contributed by atoms with van der Waals surface area (Å²) in [6.45, 7) is 2.50. The average Bonchev–Trinajstić information content (AvgIpc) is 2.82. The van der Waals surface area contributed by atoms with Gasteiger partial charge in [0, 0.05) is 11.6 Å². The maximum Gasteiger partial charge on any atom is 0.322 e. The van der Waals surface area contributed by atoms with E-state index in [2.05, 4.69) is 5.32 Å². The van der Waals surface area contributed by atoms with Crippen LogP contribution in [0.4, 0.5) is 10.5 Å². The van der Waals surface area contributed by atoms with Crippen LogP contribution in [0.3, 0.4) is 0 Å². The van der Waals surface area contributed by atoms with Gasteiger partial charge in [-0.2, -0.15) is 0 Å². The molecule has 1 N–H and O–H groups in total. The first-order chi connectivity index (χ1) is 15.9. The zero-order valence-corrected chi connectivity index (χ0v) is 19.9. The predicted molar refractivity (Wildman–Crippen MR) is 130 cm³/mol. The minimum absolute atomic E-state index is 0.218. The monoisotopic (exact) mass is 466 g/mol.